The van der Waals surface area contributed by atoms with Crippen LogP contribution in [0.1, 0.15) is 5.56 Å². The number of benzene rings is 2. The first-order valence-electron chi connectivity index (χ1n) is 10.0. The van der Waals surface area contributed by atoms with Gasteiger partial charge < -0.3 is 4.90 Å². The van der Waals surface area contributed by atoms with Crippen LogP contribution >= 0.6 is 0 Å². The van der Waals surface area contributed by atoms with Gasteiger partial charge in [0.15, 0.2) is 0 Å². The van der Waals surface area contributed by atoms with Crippen molar-refractivity contribution in [1.29, 1.82) is 0 Å². The van der Waals surface area contributed by atoms with E-state index >= 15 is 0 Å². The summed E-state index contributed by atoms with van der Waals surface area (Å²) < 4.78 is 0. The first-order valence-corrected chi connectivity index (χ1v) is 10.0. The molecule has 12 heteroatoms. The van der Waals surface area contributed by atoms with Crippen molar-refractivity contribution in [2.24, 2.45) is 0 Å². The third kappa shape index (κ3) is 5.02. The molecule has 12 nitrogen and oxygen atoms in total. The molecule has 0 bridgehead atoms. The molecule has 2 N–H and O–H groups in total. The molecule has 0 spiro atoms. The highest BCUT2D eigenvalue weighted by Gasteiger charge is 2.28. The number of hydrogen-bond acceptors (Lipinski definition) is 10. The Bertz CT molecular complexity index is 1290. The molecule has 0 fully saturated rings. The van der Waals surface area contributed by atoms with Gasteiger partial charge in [0.25, 0.3) is 5.69 Å². The van der Waals surface area contributed by atoms with E-state index in [2.05, 4.69) is 25.8 Å². The molecule has 0 aliphatic carbocycles. The van der Waals surface area contributed by atoms with E-state index in [1.54, 1.807) is 29.3 Å². The molecule has 170 valence electrons. The van der Waals surface area contributed by atoms with Gasteiger partial charge in [0.05, 0.1) is 22.1 Å². The molecule has 0 saturated carbocycles. The molecule has 2 aromatic heterocycles. The molecular formula is C22H18N8O4. The number of non-ortho nitro benzene ring substituents is 1. The summed E-state index contributed by atoms with van der Waals surface area (Å²) in [5, 5.41) is 22.9. The molecule has 2 heterocycles. The van der Waals surface area contributed by atoms with E-state index in [9.17, 15) is 20.2 Å². The predicted molar refractivity (Wildman–Crippen MR) is 126 cm³/mol. The molecule has 0 amide bonds. The summed E-state index contributed by atoms with van der Waals surface area (Å²) in [6.45, 7) is 0.283. The minimum absolute atomic E-state index is 0.0514. The highest BCUT2D eigenvalue weighted by Crippen LogP contribution is 2.36. The number of hydrazine groups is 1. The molecule has 0 unspecified atom stereocenters. The zero-order valence-corrected chi connectivity index (χ0v) is 17.6. The largest absolute Gasteiger partial charge is 0.355 e. The predicted octanol–water partition coefficient (Wildman–Crippen LogP) is 4.47. The van der Waals surface area contributed by atoms with Crippen molar-refractivity contribution in [3.05, 3.63) is 111 Å². The SMILES string of the molecule is O=[N+]([O-])c1ccc(NNc2ncnc(N(Cc3ccccc3)c3ccccn3)c2[N+](=O)[O-])cc1. The lowest BCUT2D eigenvalue weighted by Crippen LogP contribution is -2.22. The van der Waals surface area contributed by atoms with Crippen LogP contribution in [-0.4, -0.2) is 24.8 Å². The lowest BCUT2D eigenvalue weighted by Gasteiger charge is -2.23. The van der Waals surface area contributed by atoms with Crippen molar-refractivity contribution in [1.82, 2.24) is 15.0 Å². The van der Waals surface area contributed by atoms with Gasteiger partial charge in [-0.15, -0.1) is 0 Å². The van der Waals surface area contributed by atoms with Crippen molar-refractivity contribution in [2.75, 3.05) is 15.8 Å². The van der Waals surface area contributed by atoms with Crippen molar-refractivity contribution >= 4 is 34.5 Å². The maximum atomic E-state index is 12.1. The van der Waals surface area contributed by atoms with E-state index in [0.717, 1.165) is 5.56 Å². The van der Waals surface area contributed by atoms with Crippen LogP contribution < -0.4 is 15.8 Å². The maximum absolute atomic E-state index is 12.1. The lowest BCUT2D eigenvalue weighted by atomic mass is 10.2. The van der Waals surface area contributed by atoms with Crippen LogP contribution in [-0.2, 0) is 6.54 Å². The number of nitro benzene ring substituents is 1. The monoisotopic (exact) mass is 458 g/mol. The van der Waals surface area contributed by atoms with Gasteiger partial charge in [-0.1, -0.05) is 36.4 Å². The average molecular weight is 458 g/mol. The van der Waals surface area contributed by atoms with Crippen molar-refractivity contribution in [2.45, 2.75) is 6.54 Å². The zero-order chi connectivity index (χ0) is 23.9. The number of nitrogens with one attached hydrogen (secondary N) is 2. The Morgan fingerprint density at radius 2 is 1.53 bits per heavy atom. The summed E-state index contributed by atoms with van der Waals surface area (Å²) in [6.07, 6.45) is 2.80. The summed E-state index contributed by atoms with van der Waals surface area (Å²) in [6, 6.07) is 20.3. The van der Waals surface area contributed by atoms with E-state index < -0.39 is 9.85 Å². The molecular weight excluding hydrogens is 440 g/mol. The third-order valence-electron chi connectivity index (χ3n) is 4.75. The molecule has 4 aromatic rings. The van der Waals surface area contributed by atoms with Crippen LogP contribution in [0.5, 0.6) is 0 Å². The van der Waals surface area contributed by atoms with Gasteiger partial charge >= 0.3 is 5.69 Å². The van der Waals surface area contributed by atoms with Gasteiger partial charge in [0, 0.05) is 18.3 Å². The van der Waals surface area contributed by atoms with E-state index in [4.69, 9.17) is 0 Å². The average Bonchev–Trinajstić information content (AvgIpc) is 2.87. The van der Waals surface area contributed by atoms with Gasteiger partial charge in [-0.25, -0.2) is 15.0 Å². The minimum atomic E-state index is -0.573. The summed E-state index contributed by atoms with van der Waals surface area (Å²) in [5.74, 6) is 0.445. The Morgan fingerprint density at radius 1 is 0.794 bits per heavy atom. The standard InChI is InChI=1S/C22H18N8O4/c31-29(32)18-11-9-17(10-12-18)26-27-21-20(30(33)34)22(25-15-24-21)28(19-8-4-5-13-23-19)14-16-6-2-1-3-7-16/h1-13,15,26H,14H2,(H,24,25,27). The quantitative estimate of drug-likeness (QED) is 0.271. The second-order valence-corrected chi connectivity index (χ2v) is 6.97. The number of hydrogen-bond donors (Lipinski definition) is 2. The Morgan fingerprint density at radius 3 is 2.18 bits per heavy atom. The Kier molecular flexibility index (Phi) is 6.49. The highest BCUT2D eigenvalue weighted by atomic mass is 16.6. The van der Waals surface area contributed by atoms with E-state index in [0.29, 0.717) is 11.5 Å². The first kappa shape index (κ1) is 22.1. The maximum Gasteiger partial charge on any atom is 0.355 e. The van der Waals surface area contributed by atoms with Crippen molar-refractivity contribution in [3.63, 3.8) is 0 Å². The normalized spacial score (nSPS) is 10.4. The Balaban J connectivity index is 1.69. The second kappa shape index (κ2) is 9.99. The van der Waals surface area contributed by atoms with Crippen molar-refractivity contribution < 1.29 is 9.85 Å². The molecule has 34 heavy (non-hydrogen) atoms. The molecule has 4 rings (SSSR count). The number of rotatable bonds is 9. The van der Waals surface area contributed by atoms with Crippen molar-refractivity contribution in [3.8, 4) is 0 Å². The van der Waals surface area contributed by atoms with Gasteiger partial charge in [-0.2, -0.15) is 0 Å². The van der Waals surface area contributed by atoms with Crippen LogP contribution in [0.25, 0.3) is 0 Å². The van der Waals surface area contributed by atoms with E-state index in [1.165, 1.54) is 30.6 Å². The molecule has 0 aliphatic heterocycles. The Hall–Kier alpha value is -5.13. The molecule has 0 radical (unpaired) electrons. The third-order valence-corrected chi connectivity index (χ3v) is 4.75. The summed E-state index contributed by atoms with van der Waals surface area (Å²) in [7, 11) is 0. The van der Waals surface area contributed by atoms with Crippen LogP contribution in [0.15, 0.2) is 85.3 Å². The van der Waals surface area contributed by atoms with Gasteiger partial charge in [-0.3, -0.25) is 31.1 Å². The topological polar surface area (TPSA) is 152 Å². The van der Waals surface area contributed by atoms with Crippen LogP contribution in [0, 0.1) is 20.2 Å². The number of nitro groups is 2. The number of aromatic nitrogens is 3. The van der Waals surface area contributed by atoms with Crippen LogP contribution in [0.2, 0.25) is 0 Å². The fourth-order valence-corrected chi connectivity index (χ4v) is 3.17. The molecule has 0 saturated heterocycles. The molecule has 0 atom stereocenters. The lowest BCUT2D eigenvalue weighted by molar-refractivity contribution is -0.384. The Labute approximate surface area is 193 Å². The summed E-state index contributed by atoms with van der Waals surface area (Å²) >= 11 is 0. The number of pyridine rings is 1. The van der Waals surface area contributed by atoms with E-state index in [-0.39, 0.29) is 29.6 Å². The molecule has 0 aliphatic rings. The van der Waals surface area contributed by atoms with Gasteiger partial charge in [0.2, 0.25) is 11.6 Å². The highest BCUT2D eigenvalue weighted by molar-refractivity contribution is 5.75. The van der Waals surface area contributed by atoms with Gasteiger partial charge in [0.1, 0.15) is 12.1 Å². The van der Waals surface area contributed by atoms with Crippen LogP contribution in [0.4, 0.5) is 34.5 Å². The summed E-state index contributed by atoms with van der Waals surface area (Å²) in [5.41, 5.74) is 6.40. The van der Waals surface area contributed by atoms with E-state index in [1.807, 2.05) is 30.3 Å². The molecule has 2 aromatic carbocycles. The minimum Gasteiger partial charge on any atom is -0.301 e. The van der Waals surface area contributed by atoms with Crippen LogP contribution in [0.3, 0.4) is 0 Å². The second-order valence-electron chi connectivity index (χ2n) is 6.97. The zero-order valence-electron chi connectivity index (χ0n) is 17.6. The number of nitrogens with zero attached hydrogens (tertiary/aromatic N) is 6. The van der Waals surface area contributed by atoms with Gasteiger partial charge in [-0.05, 0) is 29.8 Å². The smallest absolute Gasteiger partial charge is 0.301 e. The fourth-order valence-electron chi connectivity index (χ4n) is 3.17. The first-order chi connectivity index (χ1) is 16.5. The fraction of sp³-hybridized carbons (Fsp3) is 0.0455. The summed E-state index contributed by atoms with van der Waals surface area (Å²) in [4.78, 5) is 36.0. The number of anilines is 4.